The molecule has 2 nitrogen and oxygen atoms in total. The lowest BCUT2D eigenvalue weighted by Crippen LogP contribution is -2.32. The number of nitrogens with two attached hydrogens (primary N) is 1. The number of hydrogen-bond donors (Lipinski definition) is 1. The molecule has 1 unspecified atom stereocenters. The van der Waals surface area contributed by atoms with Crippen molar-refractivity contribution in [1.82, 2.24) is 0 Å². The second-order valence-electron chi connectivity index (χ2n) is 4.96. The van der Waals surface area contributed by atoms with Gasteiger partial charge in [-0.25, -0.2) is 0 Å². The molecular formula is C16H20N2S3. The van der Waals surface area contributed by atoms with Gasteiger partial charge in [0.25, 0.3) is 0 Å². The molecule has 112 valence electrons. The van der Waals surface area contributed by atoms with Crippen LogP contribution in [0.25, 0.3) is 0 Å². The molecule has 0 aliphatic carbocycles. The summed E-state index contributed by atoms with van der Waals surface area (Å²) in [6.07, 6.45) is 3.07. The van der Waals surface area contributed by atoms with E-state index in [9.17, 15) is 0 Å². The zero-order valence-corrected chi connectivity index (χ0v) is 14.9. The smallest absolute Gasteiger partial charge is 0.107 e. The van der Waals surface area contributed by atoms with Crippen molar-refractivity contribution in [2.45, 2.75) is 24.3 Å². The maximum absolute atomic E-state index is 5.96. The predicted molar refractivity (Wildman–Crippen MR) is 100.0 cm³/mol. The molecular weight excluding hydrogens is 316 g/mol. The van der Waals surface area contributed by atoms with Crippen molar-refractivity contribution in [2.75, 3.05) is 18.2 Å². The topological polar surface area (TPSA) is 29.3 Å². The van der Waals surface area contributed by atoms with Crippen LogP contribution in [0.2, 0.25) is 0 Å². The van der Waals surface area contributed by atoms with Crippen molar-refractivity contribution in [3.63, 3.8) is 0 Å². The van der Waals surface area contributed by atoms with Crippen LogP contribution in [-0.4, -0.2) is 24.3 Å². The lowest BCUT2D eigenvalue weighted by Gasteiger charge is -2.29. The first-order chi connectivity index (χ1) is 10.0. The van der Waals surface area contributed by atoms with Crippen LogP contribution in [0, 0.1) is 0 Å². The number of nitrogens with zero attached hydrogens (tertiary/aromatic N) is 1. The van der Waals surface area contributed by atoms with E-state index in [0.29, 0.717) is 11.0 Å². The number of thioether (sulfide) groups is 1. The highest BCUT2D eigenvalue weighted by molar-refractivity contribution is 7.98. The van der Waals surface area contributed by atoms with Crippen LogP contribution >= 0.6 is 35.3 Å². The number of benzene rings is 1. The van der Waals surface area contributed by atoms with E-state index >= 15 is 0 Å². The van der Waals surface area contributed by atoms with Crippen LogP contribution in [-0.2, 0) is 6.42 Å². The summed E-state index contributed by atoms with van der Waals surface area (Å²) in [7, 11) is 2.11. The summed E-state index contributed by atoms with van der Waals surface area (Å²) in [4.78, 5) is 5.26. The van der Waals surface area contributed by atoms with Crippen LogP contribution in [0.1, 0.15) is 17.4 Å². The lowest BCUT2D eigenvalue weighted by atomic mass is 10.1. The molecule has 1 aromatic heterocycles. The first kappa shape index (κ1) is 16.3. The minimum atomic E-state index is 0.383. The maximum atomic E-state index is 5.96. The highest BCUT2D eigenvalue weighted by atomic mass is 32.2. The molecule has 0 aliphatic heterocycles. The van der Waals surface area contributed by atoms with Crippen LogP contribution in [0.3, 0.4) is 0 Å². The predicted octanol–water partition coefficient (Wildman–Crippen LogP) is 4.17. The molecule has 5 heteroatoms. The summed E-state index contributed by atoms with van der Waals surface area (Å²) in [5, 5.41) is 2.12. The molecule has 1 atom stereocenters. The van der Waals surface area contributed by atoms with Gasteiger partial charge >= 0.3 is 0 Å². The summed E-state index contributed by atoms with van der Waals surface area (Å²) in [6, 6.07) is 10.9. The van der Waals surface area contributed by atoms with Gasteiger partial charge in [-0.15, -0.1) is 23.1 Å². The molecule has 2 N–H and O–H groups in total. The van der Waals surface area contributed by atoms with E-state index in [4.69, 9.17) is 18.0 Å². The molecule has 0 radical (unpaired) electrons. The van der Waals surface area contributed by atoms with E-state index in [2.05, 4.69) is 60.8 Å². The second kappa shape index (κ2) is 7.29. The standard InChI is InChI=1S/C16H20N2S3/c1-11(10-12-6-5-9-21-12)18(2)13-7-4-8-14(20-3)15(13)16(17)19/h4-9,11H,10H2,1-3H3,(H2,17,19). The van der Waals surface area contributed by atoms with Gasteiger partial charge in [-0.1, -0.05) is 24.4 Å². The van der Waals surface area contributed by atoms with Gasteiger partial charge in [-0.3, -0.25) is 0 Å². The lowest BCUT2D eigenvalue weighted by molar-refractivity contribution is 0.687. The summed E-state index contributed by atoms with van der Waals surface area (Å²) in [5.74, 6) is 0. The molecule has 1 aromatic carbocycles. The van der Waals surface area contributed by atoms with Gasteiger partial charge in [-0.2, -0.15) is 0 Å². The molecule has 2 rings (SSSR count). The van der Waals surface area contributed by atoms with E-state index < -0.39 is 0 Å². The Hall–Kier alpha value is -1.04. The average Bonchev–Trinajstić information content (AvgIpc) is 2.98. The molecule has 0 aliphatic rings. The van der Waals surface area contributed by atoms with E-state index in [1.165, 1.54) is 4.88 Å². The largest absolute Gasteiger partial charge is 0.389 e. The molecule has 0 saturated carbocycles. The van der Waals surface area contributed by atoms with Gasteiger partial charge in [0.15, 0.2) is 0 Å². The minimum Gasteiger partial charge on any atom is -0.389 e. The highest BCUT2D eigenvalue weighted by Gasteiger charge is 2.18. The maximum Gasteiger partial charge on any atom is 0.107 e. The van der Waals surface area contributed by atoms with E-state index in [1.54, 1.807) is 23.1 Å². The number of anilines is 1. The molecule has 0 spiro atoms. The fourth-order valence-corrected chi connectivity index (χ4v) is 4.06. The van der Waals surface area contributed by atoms with Crippen LogP contribution in [0.15, 0.2) is 40.6 Å². The zero-order valence-electron chi connectivity index (χ0n) is 12.5. The monoisotopic (exact) mass is 336 g/mol. The van der Waals surface area contributed by atoms with Crippen molar-refractivity contribution in [2.24, 2.45) is 5.73 Å². The van der Waals surface area contributed by atoms with Crippen molar-refractivity contribution in [3.8, 4) is 0 Å². The fraction of sp³-hybridized carbons (Fsp3) is 0.312. The molecule has 0 saturated heterocycles. The van der Waals surface area contributed by atoms with Crippen molar-refractivity contribution < 1.29 is 0 Å². The van der Waals surface area contributed by atoms with Gasteiger partial charge < -0.3 is 10.6 Å². The second-order valence-corrected chi connectivity index (χ2v) is 7.28. The molecule has 1 heterocycles. The van der Waals surface area contributed by atoms with E-state index in [0.717, 1.165) is 22.6 Å². The Morgan fingerprint density at radius 3 is 2.71 bits per heavy atom. The Kier molecular flexibility index (Phi) is 5.67. The Labute approximate surface area is 140 Å². The summed E-state index contributed by atoms with van der Waals surface area (Å²) in [5.41, 5.74) is 8.05. The van der Waals surface area contributed by atoms with E-state index in [-0.39, 0.29) is 0 Å². The number of likely N-dealkylation sites (N-methyl/N-ethyl adjacent to an activating group) is 1. The third-order valence-corrected chi connectivity index (χ3v) is 5.47. The van der Waals surface area contributed by atoms with Gasteiger partial charge in [0.05, 0.1) is 0 Å². The summed E-state index contributed by atoms with van der Waals surface area (Å²) >= 11 is 8.75. The molecule has 21 heavy (non-hydrogen) atoms. The van der Waals surface area contributed by atoms with Gasteiger partial charge in [0.2, 0.25) is 0 Å². The molecule has 2 aromatic rings. The first-order valence-corrected chi connectivity index (χ1v) is 9.28. The van der Waals surface area contributed by atoms with Crippen LogP contribution < -0.4 is 10.6 Å². The zero-order chi connectivity index (χ0) is 15.4. The van der Waals surface area contributed by atoms with Crippen molar-refractivity contribution in [1.29, 1.82) is 0 Å². The number of thiocarbonyl (C=S) groups is 1. The Morgan fingerprint density at radius 1 is 1.38 bits per heavy atom. The number of thiophene rings is 1. The van der Waals surface area contributed by atoms with Crippen LogP contribution in [0.4, 0.5) is 5.69 Å². The first-order valence-electron chi connectivity index (χ1n) is 6.76. The van der Waals surface area contributed by atoms with Crippen LogP contribution in [0.5, 0.6) is 0 Å². The minimum absolute atomic E-state index is 0.383. The van der Waals surface area contributed by atoms with Gasteiger partial charge in [-0.05, 0) is 36.8 Å². The Morgan fingerprint density at radius 2 is 2.14 bits per heavy atom. The average molecular weight is 337 g/mol. The quantitative estimate of drug-likeness (QED) is 0.633. The third-order valence-electron chi connectivity index (χ3n) is 3.59. The van der Waals surface area contributed by atoms with E-state index in [1.807, 2.05) is 0 Å². The fourth-order valence-electron chi connectivity index (χ4n) is 2.33. The number of rotatable bonds is 6. The van der Waals surface area contributed by atoms with Crippen molar-refractivity contribution in [3.05, 3.63) is 46.2 Å². The SMILES string of the molecule is CSc1cccc(N(C)C(C)Cc2cccs2)c1C(N)=S. The summed E-state index contributed by atoms with van der Waals surface area (Å²) in [6.45, 7) is 2.23. The van der Waals surface area contributed by atoms with Gasteiger partial charge in [0.1, 0.15) is 4.99 Å². The normalized spacial score (nSPS) is 12.1. The Bertz CT molecular complexity index is 608. The van der Waals surface area contributed by atoms with Gasteiger partial charge in [0, 0.05) is 40.5 Å². The molecule has 0 bridgehead atoms. The van der Waals surface area contributed by atoms with Crippen molar-refractivity contribution >= 4 is 46.0 Å². The highest BCUT2D eigenvalue weighted by Crippen LogP contribution is 2.30. The summed E-state index contributed by atoms with van der Waals surface area (Å²) < 4.78 is 0. The number of hydrogen-bond acceptors (Lipinski definition) is 4. The molecule has 0 amide bonds. The third kappa shape index (κ3) is 3.78. The Balaban J connectivity index is 2.29. The molecule has 0 fully saturated rings.